The Labute approximate surface area is 468 Å². The number of nitrogens with one attached hydrogen (secondary N) is 4. The van der Waals surface area contributed by atoms with Gasteiger partial charge in [0.05, 0.1) is 52.4 Å². The van der Waals surface area contributed by atoms with Gasteiger partial charge in [0, 0.05) is 33.2 Å². The zero-order valence-corrected chi connectivity index (χ0v) is 45.7. The molecular weight excluding hydrogens is 1120 g/mol. The van der Waals surface area contributed by atoms with E-state index in [1.165, 1.54) is 84.9 Å². The molecule has 25 heteroatoms. The highest BCUT2D eigenvalue weighted by molar-refractivity contribution is 7.93. The summed E-state index contributed by atoms with van der Waals surface area (Å²) < 4.78 is 78.1. The minimum Gasteiger partial charge on any atom is -0.491 e. The molecule has 0 spiro atoms. The maximum absolute atomic E-state index is 13.7. The van der Waals surface area contributed by atoms with Gasteiger partial charge in [0.1, 0.15) is 37.8 Å². The van der Waals surface area contributed by atoms with Crippen LogP contribution in [0, 0.1) is 0 Å². The molecule has 0 saturated heterocycles. The van der Waals surface area contributed by atoms with Crippen LogP contribution in [0.25, 0.3) is 0 Å². The number of amides is 4. The Morgan fingerprint density at radius 2 is 1.00 bits per heavy atom. The van der Waals surface area contributed by atoms with Crippen LogP contribution in [-0.2, 0) is 55.3 Å². The number of benzene rings is 6. The number of hydrazone groups is 2. The summed E-state index contributed by atoms with van der Waals surface area (Å²) in [6, 6.07) is 41.5. The van der Waals surface area contributed by atoms with Crippen molar-refractivity contribution in [3.63, 3.8) is 0 Å². The van der Waals surface area contributed by atoms with E-state index >= 15 is 0 Å². The molecule has 9 rings (SSSR count). The van der Waals surface area contributed by atoms with Gasteiger partial charge in [-0.3, -0.25) is 27.8 Å². The Kier molecular flexibility index (Phi) is 19.1. The van der Waals surface area contributed by atoms with Crippen molar-refractivity contribution in [2.75, 3.05) is 65.9 Å². The van der Waals surface area contributed by atoms with Crippen LogP contribution in [0.2, 0.25) is 10.0 Å². The number of anilines is 4. The molecule has 0 unspecified atom stereocenters. The number of carbonyl (C=O) groups is 4. The van der Waals surface area contributed by atoms with Crippen molar-refractivity contribution in [3.8, 4) is 11.5 Å². The molecule has 0 fully saturated rings. The first kappa shape index (κ1) is 57.0. The Hall–Kier alpha value is -8.16. The molecule has 1 aromatic heterocycles. The number of rotatable bonds is 22. The lowest BCUT2D eigenvalue weighted by atomic mass is 10.1. The number of halogens is 2. The molecule has 3 heterocycles. The fraction of sp³-hybridized carbons (Fsp3) is 0.148. The number of nitrogens with zero attached hydrogens (tertiary/aromatic N) is 4. The number of fused-ring (bicyclic) bond motifs is 2. The average molecular weight is 1170 g/mol. The number of carbonyl (C=O) groups excluding carboxylic acids is 4. The lowest BCUT2D eigenvalue weighted by Gasteiger charge is -2.24. The molecule has 2 aliphatic heterocycles. The van der Waals surface area contributed by atoms with Crippen LogP contribution in [0.5, 0.6) is 11.5 Å². The number of para-hydroxylation sites is 2. The summed E-state index contributed by atoms with van der Waals surface area (Å²) in [5.41, 5.74) is 7.29. The minimum absolute atomic E-state index is 0.0181. The summed E-state index contributed by atoms with van der Waals surface area (Å²) >= 11 is 13.6. The standard InChI is InChI=1S/C27H27ClN4O7S.C27H21ClN4O5S2/c1-37-14-15-38-16-17-39-21-10-12-22(13-11-21)40(35,36)32(20-8-6-19(28)7-9-20)18-25(33)30-31-26-23-4-2-3-5-24(23)29-27(26)34;28-18-7-9-19(10-8-18)32(16-25(33)30-31-26-23-5-1-2-6-24(23)29-27(26)34)39(35,36)22-13-11-20(12-14-22)37-17-21-4-3-15-38-21/h2-13H,14-18H2,1H3,(H,30,33)(H,29,31,34);1-15H,16-17H2,(H,30,33)(H,29,31,34). The SMILES string of the molecule is COCCOCCOc1ccc(S(=O)(=O)N(CC(=O)NN=C2C(=O)Nc3ccccc32)c2ccc(Cl)cc2)cc1.O=C(CN(c1ccc(Cl)cc1)S(=O)(=O)c1ccc(OCc2cccs2)cc1)NN=C1C(=O)Nc2ccccc21. The van der Waals surface area contributed by atoms with E-state index in [0.29, 0.717) is 70.5 Å². The van der Waals surface area contributed by atoms with E-state index in [4.69, 9.17) is 42.1 Å². The molecule has 6 aromatic carbocycles. The van der Waals surface area contributed by atoms with Crippen LogP contribution in [0.1, 0.15) is 16.0 Å². The van der Waals surface area contributed by atoms with Gasteiger partial charge in [-0.15, -0.1) is 11.3 Å². The van der Waals surface area contributed by atoms with Gasteiger partial charge < -0.3 is 29.6 Å². The summed E-state index contributed by atoms with van der Waals surface area (Å²) in [4.78, 5) is 51.3. The number of ether oxygens (including phenoxy) is 4. The summed E-state index contributed by atoms with van der Waals surface area (Å²) in [7, 11) is -6.81. The molecule has 0 aliphatic carbocycles. The summed E-state index contributed by atoms with van der Waals surface area (Å²) in [5.74, 6) is -1.49. The van der Waals surface area contributed by atoms with Gasteiger partial charge in [-0.25, -0.2) is 27.7 Å². The van der Waals surface area contributed by atoms with Crippen molar-refractivity contribution in [2.24, 2.45) is 10.2 Å². The lowest BCUT2D eigenvalue weighted by molar-refractivity contribution is -0.120. The van der Waals surface area contributed by atoms with Crippen molar-refractivity contribution in [2.45, 2.75) is 16.4 Å². The predicted octanol–water partition coefficient (Wildman–Crippen LogP) is 7.70. The summed E-state index contributed by atoms with van der Waals surface area (Å²) in [6.45, 7) is 0.704. The van der Waals surface area contributed by atoms with Gasteiger partial charge in [0.25, 0.3) is 43.7 Å². The van der Waals surface area contributed by atoms with Crippen molar-refractivity contribution in [3.05, 3.63) is 189 Å². The topological polar surface area (TPSA) is 253 Å². The van der Waals surface area contributed by atoms with E-state index in [9.17, 15) is 36.0 Å². The fourth-order valence-electron chi connectivity index (χ4n) is 7.52. The molecule has 0 radical (unpaired) electrons. The second-order valence-corrected chi connectivity index (χ2v) is 22.4. The number of sulfonamides is 2. The first-order valence-electron chi connectivity index (χ1n) is 23.8. The molecule has 79 heavy (non-hydrogen) atoms. The highest BCUT2D eigenvalue weighted by Gasteiger charge is 2.31. The molecule has 0 atom stereocenters. The summed E-state index contributed by atoms with van der Waals surface area (Å²) in [6.07, 6.45) is 0. The molecule has 0 bridgehead atoms. The highest BCUT2D eigenvalue weighted by Crippen LogP contribution is 2.30. The molecule has 408 valence electrons. The number of hydrogen-bond donors (Lipinski definition) is 4. The maximum Gasteiger partial charge on any atom is 0.276 e. The van der Waals surface area contributed by atoms with E-state index in [2.05, 4.69) is 31.7 Å². The second-order valence-electron chi connectivity index (χ2n) is 16.7. The third-order valence-corrected chi connectivity index (χ3v) is 16.3. The zero-order valence-electron chi connectivity index (χ0n) is 41.7. The van der Waals surface area contributed by atoms with E-state index in [1.54, 1.807) is 79.1 Å². The van der Waals surface area contributed by atoms with Crippen LogP contribution in [0.15, 0.2) is 183 Å². The first-order chi connectivity index (χ1) is 38.1. The number of hydrogen-bond acceptors (Lipinski definition) is 15. The van der Waals surface area contributed by atoms with Crippen LogP contribution < -0.4 is 39.6 Å². The Balaban J connectivity index is 0.000000208. The molecule has 4 amide bonds. The highest BCUT2D eigenvalue weighted by atomic mass is 35.5. The van der Waals surface area contributed by atoms with Gasteiger partial charge in [-0.2, -0.15) is 10.2 Å². The zero-order chi connectivity index (χ0) is 55.9. The molecular formula is C54H48Cl2N8O12S3. The fourth-order valence-corrected chi connectivity index (χ4v) is 11.2. The number of thiophene rings is 1. The van der Waals surface area contributed by atoms with Gasteiger partial charge in [0.15, 0.2) is 11.4 Å². The predicted molar refractivity (Wildman–Crippen MR) is 301 cm³/mol. The monoisotopic (exact) mass is 1170 g/mol. The Morgan fingerprint density at radius 3 is 1.44 bits per heavy atom. The third kappa shape index (κ3) is 14.7. The average Bonchev–Trinajstić information content (AvgIpc) is 4.25. The van der Waals surface area contributed by atoms with E-state index in [-0.39, 0.29) is 39.2 Å². The van der Waals surface area contributed by atoms with Gasteiger partial charge in [-0.1, -0.05) is 65.7 Å². The van der Waals surface area contributed by atoms with Crippen LogP contribution in [-0.4, -0.2) is 98.5 Å². The van der Waals surface area contributed by atoms with Crippen molar-refractivity contribution in [1.82, 2.24) is 10.9 Å². The molecule has 7 aromatic rings. The van der Waals surface area contributed by atoms with Crippen LogP contribution in [0.3, 0.4) is 0 Å². The minimum atomic E-state index is -4.20. The normalized spacial score (nSPS) is 13.6. The van der Waals surface area contributed by atoms with E-state index in [1.807, 2.05) is 17.5 Å². The summed E-state index contributed by atoms with van der Waals surface area (Å²) in [5, 5.41) is 16.0. The largest absolute Gasteiger partial charge is 0.491 e. The van der Waals surface area contributed by atoms with Crippen molar-refractivity contribution < 1.29 is 55.0 Å². The Bertz CT molecular complexity index is 3590. The molecule has 2 aliphatic rings. The molecule has 4 N–H and O–H groups in total. The van der Waals surface area contributed by atoms with Gasteiger partial charge in [0.2, 0.25) is 0 Å². The molecule has 0 saturated carbocycles. The van der Waals surface area contributed by atoms with Crippen molar-refractivity contribution in [1.29, 1.82) is 0 Å². The molecule has 20 nitrogen and oxygen atoms in total. The van der Waals surface area contributed by atoms with E-state index in [0.717, 1.165) is 13.5 Å². The second kappa shape index (κ2) is 26.5. The Morgan fingerprint density at radius 1 is 0.557 bits per heavy atom. The van der Waals surface area contributed by atoms with Gasteiger partial charge in [-0.05, 0) is 121 Å². The van der Waals surface area contributed by atoms with Crippen molar-refractivity contribution >= 4 is 112 Å². The lowest BCUT2D eigenvalue weighted by Crippen LogP contribution is -2.40. The van der Waals surface area contributed by atoms with Crippen LogP contribution >= 0.6 is 34.5 Å². The maximum atomic E-state index is 13.7. The van der Waals surface area contributed by atoms with Gasteiger partial charge >= 0.3 is 0 Å². The number of methoxy groups -OCH3 is 1. The van der Waals surface area contributed by atoms with E-state index < -0.39 is 56.8 Å². The smallest absolute Gasteiger partial charge is 0.276 e. The first-order valence-corrected chi connectivity index (χ1v) is 28.3. The van der Waals surface area contributed by atoms with Crippen LogP contribution in [0.4, 0.5) is 22.7 Å². The third-order valence-electron chi connectivity index (χ3n) is 11.4. The quantitative estimate of drug-likeness (QED) is 0.0376.